The summed E-state index contributed by atoms with van der Waals surface area (Å²) in [5.74, 6) is 1.40. The lowest BCUT2D eigenvalue weighted by molar-refractivity contribution is -0.150. The van der Waals surface area contributed by atoms with Crippen LogP contribution in [-0.4, -0.2) is 42.8 Å². The van der Waals surface area contributed by atoms with Crippen LogP contribution in [0.3, 0.4) is 0 Å². The SMILES string of the molecule is CCCCCCCCCCCCOC(=O)C(CC(C)C)N(C)C(=O)OC1CC(C)CCC1C(C)C. The zero-order valence-electron chi connectivity index (χ0n) is 24.2. The van der Waals surface area contributed by atoms with Crippen molar-refractivity contribution in [2.75, 3.05) is 13.7 Å². The molecule has 1 aliphatic rings. The first kappa shape index (κ1) is 31.8. The molecule has 4 atom stereocenters. The Kier molecular flexibility index (Phi) is 16.4. The third kappa shape index (κ3) is 13.0. The normalized spacial score (nSPS) is 21.2. The Hall–Kier alpha value is -1.26. The molecule has 0 N–H and O–H groups in total. The first-order valence-corrected chi connectivity index (χ1v) is 14.8. The molecule has 0 saturated heterocycles. The van der Waals surface area contributed by atoms with E-state index in [9.17, 15) is 9.59 Å². The number of carbonyl (C=O) groups is 2. The van der Waals surface area contributed by atoms with Gasteiger partial charge in [-0.3, -0.25) is 4.90 Å². The first-order chi connectivity index (χ1) is 16.7. The molecule has 1 saturated carbocycles. The lowest BCUT2D eigenvalue weighted by Gasteiger charge is -2.38. The average molecular weight is 496 g/mol. The monoisotopic (exact) mass is 495 g/mol. The van der Waals surface area contributed by atoms with E-state index in [-0.39, 0.29) is 18.0 Å². The third-order valence-corrected chi connectivity index (χ3v) is 7.68. The van der Waals surface area contributed by atoms with Crippen LogP contribution in [0.2, 0.25) is 0 Å². The van der Waals surface area contributed by atoms with E-state index in [1.54, 1.807) is 7.05 Å². The van der Waals surface area contributed by atoms with Gasteiger partial charge < -0.3 is 9.47 Å². The minimum Gasteiger partial charge on any atom is -0.464 e. The van der Waals surface area contributed by atoms with Crippen LogP contribution >= 0.6 is 0 Å². The molecule has 0 aliphatic heterocycles. The van der Waals surface area contributed by atoms with Crippen LogP contribution in [0.15, 0.2) is 0 Å². The van der Waals surface area contributed by atoms with E-state index in [0.29, 0.717) is 30.8 Å². The van der Waals surface area contributed by atoms with Crippen LogP contribution in [-0.2, 0) is 14.3 Å². The lowest BCUT2D eigenvalue weighted by Crippen LogP contribution is -2.47. The molecule has 5 nitrogen and oxygen atoms in total. The lowest BCUT2D eigenvalue weighted by atomic mass is 9.75. The zero-order chi connectivity index (χ0) is 26.2. The minimum absolute atomic E-state index is 0.0731. The second kappa shape index (κ2) is 18.1. The maximum absolute atomic E-state index is 13.1. The van der Waals surface area contributed by atoms with Crippen LogP contribution in [0.25, 0.3) is 0 Å². The van der Waals surface area contributed by atoms with Crippen molar-refractivity contribution in [1.82, 2.24) is 4.90 Å². The molecular formula is C30H57NO4. The van der Waals surface area contributed by atoms with Crippen LogP contribution in [0.4, 0.5) is 4.79 Å². The van der Waals surface area contributed by atoms with Crippen molar-refractivity contribution in [3.8, 4) is 0 Å². The first-order valence-electron chi connectivity index (χ1n) is 14.8. The van der Waals surface area contributed by atoms with Gasteiger partial charge in [-0.15, -0.1) is 0 Å². The van der Waals surface area contributed by atoms with Gasteiger partial charge in [0.1, 0.15) is 12.1 Å². The van der Waals surface area contributed by atoms with Gasteiger partial charge in [0, 0.05) is 7.05 Å². The predicted octanol–water partition coefficient (Wildman–Crippen LogP) is 8.39. The van der Waals surface area contributed by atoms with Gasteiger partial charge in [-0.1, -0.05) is 106 Å². The fraction of sp³-hybridized carbons (Fsp3) is 0.933. The third-order valence-electron chi connectivity index (χ3n) is 7.68. The number of hydrogen-bond donors (Lipinski definition) is 0. The summed E-state index contributed by atoms with van der Waals surface area (Å²) in [7, 11) is 1.69. The number of esters is 1. The Balaban J connectivity index is 2.45. The number of nitrogens with zero attached hydrogens (tertiary/aromatic N) is 1. The molecule has 4 unspecified atom stereocenters. The summed E-state index contributed by atoms with van der Waals surface area (Å²) in [5, 5.41) is 0. The highest BCUT2D eigenvalue weighted by Gasteiger charge is 2.36. The molecule has 0 aromatic heterocycles. The molecule has 1 aliphatic carbocycles. The molecule has 0 heterocycles. The van der Waals surface area contributed by atoms with Crippen LogP contribution in [0, 0.1) is 23.7 Å². The van der Waals surface area contributed by atoms with Crippen molar-refractivity contribution >= 4 is 12.1 Å². The van der Waals surface area contributed by atoms with Gasteiger partial charge in [-0.05, 0) is 49.4 Å². The van der Waals surface area contributed by atoms with E-state index >= 15 is 0 Å². The molecule has 0 aromatic rings. The number of rotatable bonds is 17. The Morgan fingerprint density at radius 3 is 2.00 bits per heavy atom. The van der Waals surface area contributed by atoms with Gasteiger partial charge in [0.2, 0.25) is 0 Å². The maximum Gasteiger partial charge on any atom is 0.410 e. The highest BCUT2D eigenvalue weighted by Crippen LogP contribution is 2.35. The summed E-state index contributed by atoms with van der Waals surface area (Å²) in [6.45, 7) is 13.5. The highest BCUT2D eigenvalue weighted by atomic mass is 16.6. The number of ether oxygens (including phenoxy) is 2. The number of unbranched alkanes of at least 4 members (excludes halogenated alkanes) is 9. The van der Waals surface area contributed by atoms with E-state index in [1.807, 2.05) is 0 Å². The van der Waals surface area contributed by atoms with Gasteiger partial charge in [-0.25, -0.2) is 9.59 Å². The summed E-state index contributed by atoms with van der Waals surface area (Å²) in [6, 6.07) is -0.593. The Morgan fingerprint density at radius 2 is 1.46 bits per heavy atom. The largest absolute Gasteiger partial charge is 0.464 e. The standard InChI is InChI=1S/C30H57NO4/c1-8-9-10-11-12-13-14-15-16-17-20-34-29(32)27(21-23(2)3)31(7)30(33)35-28-22-25(6)18-19-26(28)24(4)5/h23-28H,8-22H2,1-7H3. The minimum atomic E-state index is -0.593. The van der Waals surface area contributed by atoms with Crippen molar-refractivity contribution in [2.45, 2.75) is 144 Å². The Labute approximate surface area is 217 Å². The number of amides is 1. The molecule has 0 bridgehead atoms. The number of likely N-dealkylation sites (N-methyl/N-ethyl adjacent to an activating group) is 1. The van der Waals surface area contributed by atoms with Crippen molar-refractivity contribution in [3.63, 3.8) is 0 Å². The molecule has 0 spiro atoms. The zero-order valence-corrected chi connectivity index (χ0v) is 24.2. The molecule has 0 aromatic carbocycles. The molecule has 1 amide bonds. The molecule has 1 rings (SSSR count). The second-order valence-corrected chi connectivity index (χ2v) is 11.9. The highest BCUT2D eigenvalue weighted by molar-refractivity contribution is 5.81. The van der Waals surface area contributed by atoms with E-state index in [1.165, 1.54) is 62.7 Å². The Bertz CT molecular complexity index is 577. The van der Waals surface area contributed by atoms with Gasteiger partial charge in [0.05, 0.1) is 6.61 Å². The van der Waals surface area contributed by atoms with Crippen molar-refractivity contribution in [3.05, 3.63) is 0 Å². The van der Waals surface area contributed by atoms with Crippen LogP contribution in [0.5, 0.6) is 0 Å². The van der Waals surface area contributed by atoms with Crippen molar-refractivity contribution < 1.29 is 19.1 Å². The molecule has 35 heavy (non-hydrogen) atoms. The Morgan fingerprint density at radius 1 is 0.886 bits per heavy atom. The quantitative estimate of drug-likeness (QED) is 0.150. The molecule has 0 radical (unpaired) electrons. The second-order valence-electron chi connectivity index (χ2n) is 11.9. The number of hydrogen-bond acceptors (Lipinski definition) is 4. The van der Waals surface area contributed by atoms with E-state index < -0.39 is 12.1 Å². The average Bonchev–Trinajstić information content (AvgIpc) is 2.80. The van der Waals surface area contributed by atoms with Gasteiger partial charge in [0.15, 0.2) is 0 Å². The van der Waals surface area contributed by atoms with Gasteiger partial charge in [0.25, 0.3) is 0 Å². The molecule has 206 valence electrons. The molecule has 5 heteroatoms. The van der Waals surface area contributed by atoms with Crippen LogP contribution in [0.1, 0.15) is 131 Å². The van der Waals surface area contributed by atoms with Crippen LogP contribution < -0.4 is 0 Å². The number of carbonyl (C=O) groups excluding carboxylic acids is 2. The summed E-state index contributed by atoms with van der Waals surface area (Å²) in [6.07, 6.45) is 15.8. The maximum atomic E-state index is 13.1. The fourth-order valence-corrected chi connectivity index (χ4v) is 5.31. The van der Waals surface area contributed by atoms with Crippen molar-refractivity contribution in [1.29, 1.82) is 0 Å². The molecule has 1 fully saturated rings. The summed E-state index contributed by atoms with van der Waals surface area (Å²) < 4.78 is 11.6. The van der Waals surface area contributed by atoms with E-state index in [0.717, 1.165) is 25.7 Å². The topological polar surface area (TPSA) is 55.8 Å². The summed E-state index contributed by atoms with van der Waals surface area (Å²) in [4.78, 5) is 27.5. The van der Waals surface area contributed by atoms with Gasteiger partial charge >= 0.3 is 12.1 Å². The summed E-state index contributed by atoms with van der Waals surface area (Å²) >= 11 is 0. The molecular weight excluding hydrogens is 438 g/mol. The smallest absolute Gasteiger partial charge is 0.410 e. The van der Waals surface area contributed by atoms with E-state index in [4.69, 9.17) is 9.47 Å². The summed E-state index contributed by atoms with van der Waals surface area (Å²) in [5.41, 5.74) is 0. The predicted molar refractivity (Wildman–Crippen MR) is 145 cm³/mol. The van der Waals surface area contributed by atoms with Gasteiger partial charge in [-0.2, -0.15) is 0 Å². The fourth-order valence-electron chi connectivity index (χ4n) is 5.31. The van der Waals surface area contributed by atoms with E-state index in [2.05, 4.69) is 41.5 Å². The van der Waals surface area contributed by atoms with Crippen molar-refractivity contribution in [2.24, 2.45) is 23.7 Å².